The summed E-state index contributed by atoms with van der Waals surface area (Å²) < 4.78 is 16.2. The third-order valence-corrected chi connectivity index (χ3v) is 4.12. The van der Waals surface area contributed by atoms with Gasteiger partial charge in [0.2, 0.25) is 5.91 Å². The smallest absolute Gasteiger partial charge is 0.277 e. The monoisotopic (exact) mass is 365 g/mol. The van der Waals surface area contributed by atoms with E-state index in [0.717, 1.165) is 0 Å². The Hall–Kier alpha value is -2.22. The number of rotatable bonds is 6. The zero-order valence-electron chi connectivity index (χ0n) is 15.2. The van der Waals surface area contributed by atoms with E-state index in [9.17, 15) is 4.79 Å². The van der Waals surface area contributed by atoms with Crippen LogP contribution >= 0.6 is 11.8 Å². The molecule has 8 heteroatoms. The number of ether oxygens (including phenoxy) is 2. The summed E-state index contributed by atoms with van der Waals surface area (Å²) in [6, 6.07) is 5.31. The number of hydrogen-bond donors (Lipinski definition) is 1. The van der Waals surface area contributed by atoms with Crippen molar-refractivity contribution in [1.82, 2.24) is 15.5 Å². The second-order valence-corrected chi connectivity index (χ2v) is 7.73. The van der Waals surface area contributed by atoms with Crippen LogP contribution in [0.2, 0.25) is 0 Å². The summed E-state index contributed by atoms with van der Waals surface area (Å²) >= 11 is 1.21. The standard InChI is InChI=1S/C17H23N3O4S/c1-10(14(21)18-17(2,3)4)25-16-20-19-15(24-16)12-8-7-11(22-5)9-13(12)23-6/h7-10H,1-6H3,(H,18,21)/t10-/m1/s1. The molecular weight excluding hydrogens is 342 g/mol. The minimum atomic E-state index is -0.356. The van der Waals surface area contributed by atoms with E-state index < -0.39 is 0 Å². The number of thioether (sulfide) groups is 1. The first-order chi connectivity index (χ1) is 11.7. The average Bonchev–Trinajstić information content (AvgIpc) is 3.00. The number of hydrogen-bond acceptors (Lipinski definition) is 7. The lowest BCUT2D eigenvalue weighted by Crippen LogP contribution is -2.44. The summed E-state index contributed by atoms with van der Waals surface area (Å²) in [5, 5.41) is 10.9. The van der Waals surface area contributed by atoms with Crippen LogP contribution in [0.4, 0.5) is 0 Å². The second kappa shape index (κ2) is 7.77. The van der Waals surface area contributed by atoms with E-state index in [1.807, 2.05) is 20.8 Å². The molecule has 1 atom stereocenters. The van der Waals surface area contributed by atoms with Gasteiger partial charge in [0, 0.05) is 11.6 Å². The highest BCUT2D eigenvalue weighted by molar-refractivity contribution is 8.00. The van der Waals surface area contributed by atoms with Crippen molar-refractivity contribution in [2.24, 2.45) is 0 Å². The number of benzene rings is 1. The van der Waals surface area contributed by atoms with E-state index in [2.05, 4.69) is 15.5 Å². The Morgan fingerprint density at radius 1 is 1.24 bits per heavy atom. The number of carbonyl (C=O) groups excluding carboxylic acids is 1. The highest BCUT2D eigenvalue weighted by atomic mass is 32.2. The van der Waals surface area contributed by atoms with Crippen LogP contribution in [0.5, 0.6) is 11.5 Å². The Labute approximate surface area is 151 Å². The first-order valence-corrected chi connectivity index (χ1v) is 8.66. The van der Waals surface area contributed by atoms with Crippen molar-refractivity contribution in [3.63, 3.8) is 0 Å². The van der Waals surface area contributed by atoms with Crippen LogP contribution in [-0.4, -0.2) is 41.1 Å². The number of methoxy groups -OCH3 is 2. The van der Waals surface area contributed by atoms with Gasteiger partial charge in [-0.05, 0) is 39.8 Å². The van der Waals surface area contributed by atoms with Crippen molar-refractivity contribution in [2.75, 3.05) is 14.2 Å². The van der Waals surface area contributed by atoms with Gasteiger partial charge in [-0.1, -0.05) is 11.8 Å². The molecule has 2 rings (SSSR count). The van der Waals surface area contributed by atoms with Gasteiger partial charge in [0.05, 0.1) is 25.0 Å². The molecule has 136 valence electrons. The van der Waals surface area contributed by atoms with Crippen LogP contribution in [0.25, 0.3) is 11.5 Å². The maximum atomic E-state index is 12.2. The van der Waals surface area contributed by atoms with Gasteiger partial charge < -0.3 is 19.2 Å². The zero-order chi connectivity index (χ0) is 18.6. The maximum absolute atomic E-state index is 12.2. The molecule has 0 spiro atoms. The number of amides is 1. The first kappa shape index (κ1) is 19.1. The SMILES string of the molecule is COc1ccc(-c2nnc(S[C@H](C)C(=O)NC(C)(C)C)o2)c(OC)c1. The van der Waals surface area contributed by atoms with Crippen molar-refractivity contribution in [3.8, 4) is 23.0 Å². The lowest BCUT2D eigenvalue weighted by atomic mass is 10.1. The molecule has 1 aromatic carbocycles. The molecule has 0 aliphatic rings. The van der Waals surface area contributed by atoms with Crippen LogP contribution in [-0.2, 0) is 4.79 Å². The van der Waals surface area contributed by atoms with Gasteiger partial charge in [0.25, 0.3) is 11.1 Å². The van der Waals surface area contributed by atoms with E-state index in [0.29, 0.717) is 28.2 Å². The molecule has 0 aliphatic carbocycles. The van der Waals surface area contributed by atoms with E-state index >= 15 is 0 Å². The van der Waals surface area contributed by atoms with Crippen molar-refractivity contribution >= 4 is 17.7 Å². The van der Waals surface area contributed by atoms with Crippen molar-refractivity contribution in [2.45, 2.75) is 43.7 Å². The number of nitrogens with one attached hydrogen (secondary N) is 1. The summed E-state index contributed by atoms with van der Waals surface area (Å²) in [4.78, 5) is 12.2. The van der Waals surface area contributed by atoms with Crippen molar-refractivity contribution < 1.29 is 18.7 Å². The fourth-order valence-electron chi connectivity index (χ4n) is 2.02. The molecule has 1 heterocycles. The van der Waals surface area contributed by atoms with Crippen LogP contribution in [0, 0.1) is 0 Å². The van der Waals surface area contributed by atoms with Gasteiger partial charge >= 0.3 is 0 Å². The summed E-state index contributed by atoms with van der Waals surface area (Å²) in [6.45, 7) is 7.60. The number of aromatic nitrogens is 2. The normalized spacial score (nSPS) is 12.6. The van der Waals surface area contributed by atoms with E-state index in [4.69, 9.17) is 13.9 Å². The Bertz CT molecular complexity index is 740. The minimum absolute atomic E-state index is 0.0840. The van der Waals surface area contributed by atoms with Gasteiger partial charge in [0.15, 0.2) is 0 Å². The number of nitrogens with zero attached hydrogens (tertiary/aromatic N) is 2. The lowest BCUT2D eigenvalue weighted by Gasteiger charge is -2.22. The molecule has 25 heavy (non-hydrogen) atoms. The van der Waals surface area contributed by atoms with E-state index in [1.54, 1.807) is 39.3 Å². The topological polar surface area (TPSA) is 86.5 Å². The molecule has 7 nitrogen and oxygen atoms in total. The molecule has 0 radical (unpaired) electrons. The van der Waals surface area contributed by atoms with Crippen LogP contribution in [0.15, 0.2) is 27.8 Å². The molecule has 1 N–H and O–H groups in total. The van der Waals surface area contributed by atoms with Gasteiger partial charge in [-0.15, -0.1) is 10.2 Å². The summed E-state index contributed by atoms with van der Waals surface area (Å²) in [6.07, 6.45) is 0. The fraction of sp³-hybridized carbons (Fsp3) is 0.471. The molecule has 0 bridgehead atoms. The lowest BCUT2D eigenvalue weighted by molar-refractivity contribution is -0.121. The predicted molar refractivity (Wildman–Crippen MR) is 96.1 cm³/mol. The van der Waals surface area contributed by atoms with Gasteiger partial charge in [-0.25, -0.2) is 0 Å². The molecule has 1 amide bonds. The van der Waals surface area contributed by atoms with Crippen LogP contribution in [0.1, 0.15) is 27.7 Å². The molecule has 0 aliphatic heterocycles. The Kier molecular flexibility index (Phi) is 5.94. The molecular formula is C17H23N3O4S. The van der Waals surface area contributed by atoms with Crippen LogP contribution in [0.3, 0.4) is 0 Å². The Morgan fingerprint density at radius 2 is 1.96 bits per heavy atom. The van der Waals surface area contributed by atoms with Gasteiger partial charge in [-0.3, -0.25) is 4.79 Å². The van der Waals surface area contributed by atoms with E-state index in [-0.39, 0.29) is 16.7 Å². The minimum Gasteiger partial charge on any atom is -0.497 e. The predicted octanol–water partition coefficient (Wildman–Crippen LogP) is 3.15. The fourth-order valence-corrected chi connectivity index (χ4v) is 2.70. The average molecular weight is 365 g/mol. The van der Waals surface area contributed by atoms with Crippen molar-refractivity contribution in [3.05, 3.63) is 18.2 Å². The molecule has 0 saturated heterocycles. The summed E-state index contributed by atoms with van der Waals surface area (Å²) in [5.74, 6) is 1.48. The quantitative estimate of drug-likeness (QED) is 0.787. The third kappa shape index (κ3) is 5.12. The Morgan fingerprint density at radius 3 is 2.56 bits per heavy atom. The molecule has 0 unspecified atom stereocenters. The zero-order valence-corrected chi connectivity index (χ0v) is 16.1. The maximum Gasteiger partial charge on any atom is 0.277 e. The highest BCUT2D eigenvalue weighted by Gasteiger charge is 2.23. The van der Waals surface area contributed by atoms with Gasteiger partial charge in [-0.2, -0.15) is 0 Å². The highest BCUT2D eigenvalue weighted by Crippen LogP contribution is 2.34. The molecule has 1 aromatic heterocycles. The Balaban J connectivity index is 2.14. The summed E-state index contributed by atoms with van der Waals surface area (Å²) in [5.41, 5.74) is 0.372. The van der Waals surface area contributed by atoms with Crippen LogP contribution < -0.4 is 14.8 Å². The largest absolute Gasteiger partial charge is 0.497 e. The first-order valence-electron chi connectivity index (χ1n) is 7.78. The van der Waals surface area contributed by atoms with Crippen molar-refractivity contribution in [1.29, 1.82) is 0 Å². The second-order valence-electron chi connectivity index (χ2n) is 6.44. The summed E-state index contributed by atoms with van der Waals surface area (Å²) in [7, 11) is 3.14. The third-order valence-electron chi connectivity index (χ3n) is 3.19. The molecule has 0 saturated carbocycles. The van der Waals surface area contributed by atoms with E-state index in [1.165, 1.54) is 11.8 Å². The molecule has 0 fully saturated rings. The number of carbonyl (C=O) groups is 1. The van der Waals surface area contributed by atoms with Gasteiger partial charge in [0.1, 0.15) is 11.5 Å². The molecule has 2 aromatic rings.